The van der Waals surface area contributed by atoms with Gasteiger partial charge >= 0.3 is 0 Å². The maximum Gasteiger partial charge on any atom is 0.264 e. The minimum atomic E-state index is -0.0570. The van der Waals surface area contributed by atoms with Crippen LogP contribution in [0.5, 0.6) is 0 Å². The summed E-state index contributed by atoms with van der Waals surface area (Å²) in [5.74, 6) is 0.752. The molecule has 23 heavy (non-hydrogen) atoms. The Morgan fingerprint density at radius 1 is 1.26 bits per heavy atom. The Morgan fingerprint density at radius 2 is 2.17 bits per heavy atom. The van der Waals surface area contributed by atoms with Gasteiger partial charge in [-0.15, -0.1) is 11.3 Å². The van der Waals surface area contributed by atoms with E-state index in [0.29, 0.717) is 11.5 Å². The van der Waals surface area contributed by atoms with Gasteiger partial charge in [0.05, 0.1) is 16.6 Å². The minimum absolute atomic E-state index is 0.0570. The summed E-state index contributed by atoms with van der Waals surface area (Å²) >= 11 is 1.47. The SMILES string of the molecule is O=C(c1cccs1)N1CCC[C@@H]1c1nccnc1-c1ncc[nH]1. The van der Waals surface area contributed by atoms with Gasteiger partial charge in [-0.3, -0.25) is 9.78 Å². The molecule has 6 nitrogen and oxygen atoms in total. The van der Waals surface area contributed by atoms with Crippen molar-refractivity contribution >= 4 is 17.2 Å². The average molecular weight is 325 g/mol. The Labute approximate surface area is 137 Å². The molecule has 1 atom stereocenters. The molecule has 1 saturated heterocycles. The molecule has 0 aromatic carbocycles. The normalized spacial score (nSPS) is 17.6. The molecule has 3 aromatic rings. The smallest absolute Gasteiger partial charge is 0.264 e. The molecule has 4 rings (SSSR count). The molecule has 0 unspecified atom stereocenters. The number of thiophene rings is 1. The Morgan fingerprint density at radius 3 is 2.96 bits per heavy atom. The lowest BCUT2D eigenvalue weighted by atomic mass is 10.1. The number of amides is 1. The Balaban J connectivity index is 1.71. The van der Waals surface area contributed by atoms with Crippen molar-refractivity contribution in [3.05, 3.63) is 52.9 Å². The van der Waals surface area contributed by atoms with Crippen molar-refractivity contribution < 1.29 is 4.79 Å². The maximum atomic E-state index is 12.8. The van der Waals surface area contributed by atoms with Crippen LogP contribution in [0.3, 0.4) is 0 Å². The van der Waals surface area contributed by atoms with Crippen molar-refractivity contribution in [1.29, 1.82) is 0 Å². The highest BCUT2D eigenvalue weighted by atomic mass is 32.1. The van der Waals surface area contributed by atoms with E-state index in [-0.39, 0.29) is 11.9 Å². The van der Waals surface area contributed by atoms with Crippen LogP contribution in [0.2, 0.25) is 0 Å². The first-order valence-electron chi connectivity index (χ1n) is 7.50. The van der Waals surface area contributed by atoms with Crippen LogP contribution >= 0.6 is 11.3 Å². The Hall–Kier alpha value is -2.54. The fraction of sp³-hybridized carbons (Fsp3) is 0.250. The van der Waals surface area contributed by atoms with Crippen LogP contribution in [0.1, 0.15) is 34.2 Å². The summed E-state index contributed by atoms with van der Waals surface area (Å²) in [5.41, 5.74) is 1.53. The van der Waals surface area contributed by atoms with Gasteiger partial charge in [0.25, 0.3) is 5.91 Å². The predicted molar refractivity (Wildman–Crippen MR) is 86.9 cm³/mol. The topological polar surface area (TPSA) is 74.8 Å². The van der Waals surface area contributed by atoms with E-state index < -0.39 is 0 Å². The number of hydrogen-bond acceptors (Lipinski definition) is 5. The highest BCUT2D eigenvalue weighted by Gasteiger charge is 2.34. The molecule has 1 N–H and O–H groups in total. The van der Waals surface area contributed by atoms with Gasteiger partial charge in [0.1, 0.15) is 5.69 Å². The second-order valence-electron chi connectivity index (χ2n) is 5.36. The number of imidazole rings is 1. The third kappa shape index (κ3) is 2.53. The summed E-state index contributed by atoms with van der Waals surface area (Å²) in [4.78, 5) is 31.7. The number of rotatable bonds is 3. The lowest BCUT2D eigenvalue weighted by molar-refractivity contribution is 0.0738. The fourth-order valence-corrected chi connectivity index (χ4v) is 3.68. The first-order valence-corrected chi connectivity index (χ1v) is 8.37. The number of carbonyl (C=O) groups excluding carboxylic acids is 1. The molecule has 1 aliphatic rings. The van der Waals surface area contributed by atoms with Crippen LogP contribution in [0, 0.1) is 0 Å². The molecule has 0 spiro atoms. The summed E-state index contributed by atoms with van der Waals surface area (Å²) in [6.45, 7) is 0.746. The fourth-order valence-electron chi connectivity index (χ4n) is 3.01. The number of hydrogen-bond donors (Lipinski definition) is 1. The Kier molecular flexibility index (Phi) is 3.63. The zero-order chi connectivity index (χ0) is 15.6. The first kappa shape index (κ1) is 14.1. The summed E-state index contributed by atoms with van der Waals surface area (Å²) in [5, 5.41) is 1.93. The van der Waals surface area contributed by atoms with Crippen LogP contribution in [0.15, 0.2) is 42.3 Å². The van der Waals surface area contributed by atoms with Gasteiger partial charge in [-0.05, 0) is 24.3 Å². The van der Waals surface area contributed by atoms with Gasteiger partial charge in [0, 0.05) is 31.3 Å². The van der Waals surface area contributed by atoms with Crippen LogP contribution in [-0.2, 0) is 0 Å². The summed E-state index contributed by atoms with van der Waals surface area (Å²) in [6.07, 6.45) is 8.64. The van der Waals surface area contributed by atoms with Crippen molar-refractivity contribution in [1.82, 2.24) is 24.8 Å². The molecule has 0 bridgehead atoms. The highest BCUT2D eigenvalue weighted by molar-refractivity contribution is 7.12. The van der Waals surface area contributed by atoms with E-state index in [2.05, 4.69) is 19.9 Å². The van der Waals surface area contributed by atoms with Crippen molar-refractivity contribution in [2.24, 2.45) is 0 Å². The maximum absolute atomic E-state index is 12.8. The zero-order valence-corrected chi connectivity index (χ0v) is 13.2. The number of aromatic amines is 1. The monoisotopic (exact) mass is 325 g/mol. The lowest BCUT2D eigenvalue weighted by Crippen LogP contribution is -2.30. The largest absolute Gasteiger partial charge is 0.343 e. The Bertz CT molecular complexity index is 800. The van der Waals surface area contributed by atoms with Gasteiger partial charge in [-0.1, -0.05) is 6.07 Å². The molecule has 7 heteroatoms. The standard InChI is InChI=1S/C16H15N5OS/c22-16(12-4-2-10-23-12)21-9-1-3-11(21)13-14(18-6-5-17-13)15-19-7-8-20-15/h2,4-8,10-11H,1,3,9H2,(H,19,20)/t11-/m1/s1. The third-order valence-electron chi connectivity index (χ3n) is 4.01. The van der Waals surface area contributed by atoms with E-state index >= 15 is 0 Å². The van der Waals surface area contributed by atoms with E-state index in [4.69, 9.17) is 0 Å². The third-order valence-corrected chi connectivity index (χ3v) is 4.87. The van der Waals surface area contributed by atoms with E-state index in [1.807, 2.05) is 22.4 Å². The molecular weight excluding hydrogens is 310 g/mol. The van der Waals surface area contributed by atoms with E-state index in [0.717, 1.165) is 30.0 Å². The number of nitrogens with one attached hydrogen (secondary N) is 1. The molecule has 116 valence electrons. The van der Waals surface area contributed by atoms with Crippen LogP contribution in [0.25, 0.3) is 11.5 Å². The number of nitrogens with zero attached hydrogens (tertiary/aromatic N) is 4. The quantitative estimate of drug-likeness (QED) is 0.803. The van der Waals surface area contributed by atoms with E-state index in [9.17, 15) is 4.79 Å². The number of aromatic nitrogens is 4. The van der Waals surface area contributed by atoms with Crippen molar-refractivity contribution in [2.75, 3.05) is 6.54 Å². The molecule has 0 saturated carbocycles. The number of likely N-dealkylation sites (tertiary alicyclic amines) is 1. The molecule has 4 heterocycles. The van der Waals surface area contributed by atoms with E-state index in [1.165, 1.54) is 11.3 Å². The van der Waals surface area contributed by atoms with Crippen molar-refractivity contribution in [2.45, 2.75) is 18.9 Å². The van der Waals surface area contributed by atoms with Crippen LogP contribution in [0.4, 0.5) is 0 Å². The molecule has 1 amide bonds. The predicted octanol–water partition coefficient (Wildman–Crippen LogP) is 2.91. The van der Waals surface area contributed by atoms with Gasteiger partial charge in [0.15, 0.2) is 5.82 Å². The van der Waals surface area contributed by atoms with Gasteiger partial charge in [0.2, 0.25) is 0 Å². The second-order valence-corrected chi connectivity index (χ2v) is 6.31. The molecule has 0 radical (unpaired) electrons. The summed E-state index contributed by atoms with van der Waals surface area (Å²) in [6, 6.07) is 3.71. The molecule has 1 fully saturated rings. The number of H-pyrrole nitrogens is 1. The van der Waals surface area contributed by atoms with Gasteiger partial charge < -0.3 is 9.88 Å². The molecule has 3 aromatic heterocycles. The molecular formula is C16H15N5OS. The van der Waals surface area contributed by atoms with Gasteiger partial charge in [-0.25, -0.2) is 9.97 Å². The van der Waals surface area contributed by atoms with Crippen LogP contribution in [-0.4, -0.2) is 37.3 Å². The number of carbonyl (C=O) groups is 1. The molecule has 0 aliphatic carbocycles. The summed E-state index contributed by atoms with van der Waals surface area (Å²) < 4.78 is 0. The van der Waals surface area contributed by atoms with Crippen molar-refractivity contribution in [3.8, 4) is 11.5 Å². The van der Waals surface area contributed by atoms with Crippen LogP contribution < -0.4 is 0 Å². The van der Waals surface area contributed by atoms with Crippen molar-refractivity contribution in [3.63, 3.8) is 0 Å². The van der Waals surface area contributed by atoms with E-state index in [1.54, 1.807) is 24.8 Å². The average Bonchev–Trinajstić information content (AvgIpc) is 3.36. The first-order chi connectivity index (χ1) is 11.3. The second kappa shape index (κ2) is 5.92. The molecule has 1 aliphatic heterocycles. The zero-order valence-electron chi connectivity index (χ0n) is 12.3. The minimum Gasteiger partial charge on any atom is -0.343 e. The lowest BCUT2D eigenvalue weighted by Gasteiger charge is -2.24. The highest BCUT2D eigenvalue weighted by Crippen LogP contribution is 2.35. The summed E-state index contributed by atoms with van der Waals surface area (Å²) in [7, 11) is 0. The van der Waals surface area contributed by atoms with Gasteiger partial charge in [-0.2, -0.15) is 0 Å².